The molecule has 18 heavy (non-hydrogen) atoms. The minimum Gasteiger partial charge on any atom is -0.307 e. The van der Waals surface area contributed by atoms with Gasteiger partial charge in [0.2, 0.25) is 0 Å². The summed E-state index contributed by atoms with van der Waals surface area (Å²) in [7, 11) is 1.82. The Balaban J connectivity index is 1.92. The van der Waals surface area contributed by atoms with Crippen molar-refractivity contribution in [1.82, 2.24) is 20.3 Å². The third kappa shape index (κ3) is 2.89. The van der Waals surface area contributed by atoms with Crippen LogP contribution in [0.5, 0.6) is 0 Å². The number of nitro groups is 1. The lowest BCUT2D eigenvalue weighted by Crippen LogP contribution is -2.15. The first-order valence-electron chi connectivity index (χ1n) is 5.44. The Morgan fingerprint density at radius 1 is 1.44 bits per heavy atom. The maximum atomic E-state index is 10.6. The lowest BCUT2D eigenvalue weighted by Gasteiger charge is -2.04. The highest BCUT2D eigenvalue weighted by molar-refractivity contribution is 5.34. The van der Waals surface area contributed by atoms with Gasteiger partial charge in [-0.2, -0.15) is 0 Å². The quantitative estimate of drug-likeness (QED) is 0.629. The van der Waals surface area contributed by atoms with Gasteiger partial charge in [0.05, 0.1) is 16.8 Å². The summed E-state index contributed by atoms with van der Waals surface area (Å²) in [6.45, 7) is 1.18. The summed E-state index contributed by atoms with van der Waals surface area (Å²) >= 11 is 0. The van der Waals surface area contributed by atoms with E-state index in [1.54, 1.807) is 23.0 Å². The van der Waals surface area contributed by atoms with Crippen molar-refractivity contribution in [3.05, 3.63) is 51.8 Å². The van der Waals surface area contributed by atoms with E-state index in [1.807, 2.05) is 13.1 Å². The molecule has 1 heterocycles. The van der Waals surface area contributed by atoms with E-state index in [0.29, 0.717) is 13.1 Å². The maximum absolute atomic E-state index is 10.6. The number of nitro benzene ring substituents is 1. The average molecular weight is 247 g/mol. The van der Waals surface area contributed by atoms with Crippen molar-refractivity contribution >= 4 is 5.69 Å². The van der Waals surface area contributed by atoms with Crippen molar-refractivity contribution < 1.29 is 4.92 Å². The third-order valence-corrected chi connectivity index (χ3v) is 2.56. The molecule has 94 valence electrons. The van der Waals surface area contributed by atoms with Crippen LogP contribution in [0.4, 0.5) is 5.69 Å². The van der Waals surface area contributed by atoms with Gasteiger partial charge in [-0.3, -0.25) is 14.8 Å². The van der Waals surface area contributed by atoms with Gasteiger partial charge in [0.25, 0.3) is 5.69 Å². The van der Waals surface area contributed by atoms with E-state index in [9.17, 15) is 10.1 Å². The maximum Gasteiger partial charge on any atom is 0.269 e. The smallest absolute Gasteiger partial charge is 0.269 e. The minimum absolute atomic E-state index is 0.108. The van der Waals surface area contributed by atoms with Gasteiger partial charge in [0.1, 0.15) is 0 Å². The molecule has 1 N–H and O–H groups in total. The van der Waals surface area contributed by atoms with Crippen LogP contribution in [0.25, 0.3) is 0 Å². The monoisotopic (exact) mass is 247 g/mol. The molecular weight excluding hydrogens is 234 g/mol. The van der Waals surface area contributed by atoms with E-state index in [-0.39, 0.29) is 5.69 Å². The van der Waals surface area contributed by atoms with Gasteiger partial charge in [-0.1, -0.05) is 17.3 Å². The number of nitrogens with one attached hydrogen (secondary N) is 1. The van der Waals surface area contributed by atoms with Gasteiger partial charge in [-0.05, 0) is 5.56 Å². The fraction of sp³-hybridized carbons (Fsp3) is 0.273. The molecule has 0 bridgehead atoms. The molecular formula is C11H13N5O2. The summed E-state index contributed by atoms with van der Waals surface area (Å²) in [6, 6.07) is 6.57. The fourth-order valence-corrected chi connectivity index (χ4v) is 1.59. The lowest BCUT2D eigenvalue weighted by atomic mass is 10.2. The predicted molar refractivity (Wildman–Crippen MR) is 64.6 cm³/mol. The van der Waals surface area contributed by atoms with E-state index in [2.05, 4.69) is 15.6 Å². The molecule has 0 aliphatic rings. The Morgan fingerprint density at radius 2 is 2.28 bits per heavy atom. The molecule has 0 aliphatic carbocycles. The van der Waals surface area contributed by atoms with Crippen LogP contribution in [0.15, 0.2) is 30.5 Å². The number of non-ortho nitro benzene ring substituents is 1. The summed E-state index contributed by atoms with van der Waals surface area (Å²) in [6.07, 6.45) is 1.68. The van der Waals surface area contributed by atoms with Crippen LogP contribution in [-0.4, -0.2) is 19.9 Å². The standard InChI is InChI=1S/C11H13N5O2/c1-15-11(8-13-14-15)7-12-6-9-3-2-4-10(5-9)16(17)18/h2-5,8,12H,6-7H2,1H3. The van der Waals surface area contributed by atoms with Crippen LogP contribution >= 0.6 is 0 Å². The van der Waals surface area contributed by atoms with Crippen LogP contribution in [0.3, 0.4) is 0 Å². The zero-order chi connectivity index (χ0) is 13.0. The second kappa shape index (κ2) is 5.37. The van der Waals surface area contributed by atoms with Gasteiger partial charge >= 0.3 is 0 Å². The van der Waals surface area contributed by atoms with Crippen molar-refractivity contribution in [3.8, 4) is 0 Å². The summed E-state index contributed by atoms with van der Waals surface area (Å²) in [5, 5.41) is 21.4. The molecule has 0 amide bonds. The molecule has 1 aromatic carbocycles. The zero-order valence-corrected chi connectivity index (χ0v) is 9.91. The Hall–Kier alpha value is -2.28. The number of benzene rings is 1. The molecule has 7 heteroatoms. The number of aromatic nitrogens is 3. The minimum atomic E-state index is -0.394. The Morgan fingerprint density at radius 3 is 2.94 bits per heavy atom. The summed E-state index contributed by atoms with van der Waals surface area (Å²) in [5.74, 6) is 0. The lowest BCUT2D eigenvalue weighted by molar-refractivity contribution is -0.384. The van der Waals surface area contributed by atoms with Gasteiger partial charge in [0.15, 0.2) is 0 Å². The van der Waals surface area contributed by atoms with Crippen molar-refractivity contribution in [2.75, 3.05) is 0 Å². The first-order chi connectivity index (χ1) is 8.66. The van der Waals surface area contributed by atoms with E-state index in [4.69, 9.17) is 0 Å². The topological polar surface area (TPSA) is 85.9 Å². The SMILES string of the molecule is Cn1nncc1CNCc1cccc([N+](=O)[O-])c1. The largest absolute Gasteiger partial charge is 0.307 e. The van der Waals surface area contributed by atoms with E-state index in [0.717, 1.165) is 11.3 Å². The molecule has 0 atom stereocenters. The second-order valence-electron chi connectivity index (χ2n) is 3.88. The van der Waals surface area contributed by atoms with Crippen molar-refractivity contribution in [2.24, 2.45) is 7.05 Å². The Bertz CT molecular complexity index is 552. The molecule has 0 fully saturated rings. The van der Waals surface area contributed by atoms with Crippen LogP contribution in [-0.2, 0) is 20.1 Å². The molecule has 0 saturated heterocycles. The van der Waals surface area contributed by atoms with Crippen molar-refractivity contribution in [3.63, 3.8) is 0 Å². The highest BCUT2D eigenvalue weighted by atomic mass is 16.6. The average Bonchev–Trinajstić information content (AvgIpc) is 2.76. The number of rotatable bonds is 5. The van der Waals surface area contributed by atoms with Crippen LogP contribution in [0, 0.1) is 10.1 Å². The molecule has 0 unspecified atom stereocenters. The highest BCUT2D eigenvalue weighted by Crippen LogP contribution is 2.12. The molecule has 0 aliphatic heterocycles. The highest BCUT2D eigenvalue weighted by Gasteiger charge is 2.05. The normalized spacial score (nSPS) is 10.5. The summed E-state index contributed by atoms with van der Waals surface area (Å²) < 4.78 is 1.68. The second-order valence-corrected chi connectivity index (χ2v) is 3.88. The fourth-order valence-electron chi connectivity index (χ4n) is 1.59. The Kier molecular flexibility index (Phi) is 3.63. The van der Waals surface area contributed by atoms with Crippen LogP contribution in [0.1, 0.15) is 11.3 Å². The van der Waals surface area contributed by atoms with Gasteiger partial charge < -0.3 is 5.32 Å². The van der Waals surface area contributed by atoms with Gasteiger partial charge in [-0.15, -0.1) is 5.10 Å². The first-order valence-corrected chi connectivity index (χ1v) is 5.44. The molecule has 2 aromatic rings. The van der Waals surface area contributed by atoms with Gasteiger partial charge in [0, 0.05) is 32.3 Å². The van der Waals surface area contributed by atoms with Crippen LogP contribution in [0.2, 0.25) is 0 Å². The molecule has 7 nitrogen and oxygen atoms in total. The first kappa shape index (κ1) is 12.2. The number of nitrogens with zero attached hydrogens (tertiary/aromatic N) is 4. The van der Waals surface area contributed by atoms with Gasteiger partial charge in [-0.25, -0.2) is 0 Å². The van der Waals surface area contributed by atoms with Crippen molar-refractivity contribution in [1.29, 1.82) is 0 Å². The third-order valence-electron chi connectivity index (χ3n) is 2.56. The number of hydrogen-bond donors (Lipinski definition) is 1. The summed E-state index contributed by atoms with van der Waals surface area (Å²) in [5.41, 5.74) is 1.94. The zero-order valence-electron chi connectivity index (χ0n) is 9.91. The van der Waals surface area contributed by atoms with E-state index in [1.165, 1.54) is 6.07 Å². The summed E-state index contributed by atoms with van der Waals surface area (Å²) in [4.78, 5) is 10.2. The number of hydrogen-bond acceptors (Lipinski definition) is 5. The molecule has 1 aromatic heterocycles. The van der Waals surface area contributed by atoms with Crippen molar-refractivity contribution in [2.45, 2.75) is 13.1 Å². The predicted octanol–water partition coefficient (Wildman–Crippen LogP) is 1.01. The number of aryl methyl sites for hydroxylation is 1. The van der Waals surface area contributed by atoms with E-state index >= 15 is 0 Å². The Labute approximate surface area is 104 Å². The van der Waals surface area contributed by atoms with Crippen LogP contribution < -0.4 is 5.32 Å². The molecule has 2 rings (SSSR count). The molecule has 0 spiro atoms. The van der Waals surface area contributed by atoms with E-state index < -0.39 is 4.92 Å². The molecule has 0 radical (unpaired) electrons. The molecule has 0 saturated carbocycles.